The Hall–Kier alpha value is -0.610. The molecule has 0 saturated carbocycles. The molecule has 0 atom stereocenters. The van der Waals surface area contributed by atoms with Gasteiger partial charge in [0.25, 0.3) is 0 Å². The lowest BCUT2D eigenvalue weighted by Gasteiger charge is -2.16. The van der Waals surface area contributed by atoms with Crippen molar-refractivity contribution in [1.29, 1.82) is 0 Å². The van der Waals surface area contributed by atoms with Crippen LogP contribution in [0.1, 0.15) is 45.4 Å². The third kappa shape index (κ3) is 4.28. The van der Waals surface area contributed by atoms with Crippen LogP contribution < -0.4 is 10.2 Å². The molecule has 3 nitrogen and oxygen atoms in total. The van der Waals surface area contributed by atoms with Crippen LogP contribution in [0.3, 0.4) is 0 Å². The molecule has 0 aliphatic carbocycles. The Labute approximate surface area is 109 Å². The van der Waals surface area contributed by atoms with Crippen molar-refractivity contribution in [3.05, 3.63) is 11.1 Å². The number of nitrogens with one attached hydrogen (secondary N) is 1. The summed E-state index contributed by atoms with van der Waals surface area (Å²) in [5.41, 5.74) is 0. The summed E-state index contributed by atoms with van der Waals surface area (Å²) in [6.07, 6.45) is 4.39. The van der Waals surface area contributed by atoms with E-state index in [4.69, 9.17) is 0 Å². The van der Waals surface area contributed by atoms with Crippen molar-refractivity contribution in [3.8, 4) is 0 Å². The van der Waals surface area contributed by atoms with Crippen molar-refractivity contribution in [2.24, 2.45) is 0 Å². The number of hydrogen-bond donors (Lipinski definition) is 1. The van der Waals surface area contributed by atoms with Crippen molar-refractivity contribution in [3.63, 3.8) is 0 Å². The van der Waals surface area contributed by atoms with Gasteiger partial charge in [0, 0.05) is 36.8 Å². The minimum atomic E-state index is 0.633. The molecule has 0 saturated heterocycles. The lowest BCUT2D eigenvalue weighted by atomic mass is 10.2. The molecule has 0 bridgehead atoms. The summed E-state index contributed by atoms with van der Waals surface area (Å²) in [7, 11) is 0. The highest BCUT2D eigenvalue weighted by atomic mass is 32.1. The van der Waals surface area contributed by atoms with Gasteiger partial charge in [-0.15, -0.1) is 11.3 Å². The largest absolute Gasteiger partial charge is 0.349 e. The minimum absolute atomic E-state index is 0.633. The minimum Gasteiger partial charge on any atom is -0.349 e. The third-order valence-electron chi connectivity index (χ3n) is 3.13. The standard InChI is InChI=1S/C13H25N3S/c1-5-11(6-2)14-9-12-10-15-13(17-12)16(7-3)8-4/h10-11,14H,5-9H2,1-4H3. The number of anilines is 1. The summed E-state index contributed by atoms with van der Waals surface area (Å²) in [5.74, 6) is 0. The number of hydrogen-bond acceptors (Lipinski definition) is 4. The fourth-order valence-electron chi connectivity index (χ4n) is 1.84. The maximum atomic E-state index is 4.49. The van der Waals surface area contributed by atoms with Gasteiger partial charge >= 0.3 is 0 Å². The number of thiazole rings is 1. The van der Waals surface area contributed by atoms with Crippen LogP contribution in [0.4, 0.5) is 5.13 Å². The third-order valence-corrected chi connectivity index (χ3v) is 4.18. The van der Waals surface area contributed by atoms with Gasteiger partial charge in [-0.25, -0.2) is 4.98 Å². The molecule has 4 heteroatoms. The Kier molecular flexibility index (Phi) is 6.52. The summed E-state index contributed by atoms with van der Waals surface area (Å²) in [4.78, 5) is 8.12. The van der Waals surface area contributed by atoms with E-state index in [0.29, 0.717) is 6.04 Å². The van der Waals surface area contributed by atoms with Crippen LogP contribution in [-0.2, 0) is 6.54 Å². The summed E-state index contributed by atoms with van der Waals surface area (Å²) >= 11 is 1.81. The highest BCUT2D eigenvalue weighted by Crippen LogP contribution is 2.22. The molecule has 98 valence electrons. The molecule has 0 aliphatic rings. The molecule has 0 spiro atoms. The van der Waals surface area contributed by atoms with E-state index in [-0.39, 0.29) is 0 Å². The van der Waals surface area contributed by atoms with Gasteiger partial charge in [-0.3, -0.25) is 0 Å². The number of aromatic nitrogens is 1. The van der Waals surface area contributed by atoms with Crippen molar-refractivity contribution >= 4 is 16.5 Å². The zero-order valence-corrected chi connectivity index (χ0v) is 12.3. The molecule has 17 heavy (non-hydrogen) atoms. The van der Waals surface area contributed by atoms with Crippen molar-refractivity contribution in [1.82, 2.24) is 10.3 Å². The van der Waals surface area contributed by atoms with Gasteiger partial charge in [0.1, 0.15) is 0 Å². The van der Waals surface area contributed by atoms with Crippen molar-refractivity contribution < 1.29 is 0 Å². The van der Waals surface area contributed by atoms with E-state index in [1.165, 1.54) is 17.7 Å². The van der Waals surface area contributed by atoms with Gasteiger partial charge in [0.15, 0.2) is 5.13 Å². The number of rotatable bonds is 8. The molecule has 1 N–H and O–H groups in total. The van der Waals surface area contributed by atoms with E-state index >= 15 is 0 Å². The number of nitrogens with zero attached hydrogens (tertiary/aromatic N) is 2. The van der Waals surface area contributed by atoms with Crippen molar-refractivity contribution in [2.75, 3.05) is 18.0 Å². The Morgan fingerprint density at radius 1 is 1.24 bits per heavy atom. The quantitative estimate of drug-likeness (QED) is 0.773. The molecule has 0 fully saturated rings. The molecule has 1 rings (SSSR count). The fourth-order valence-corrected chi connectivity index (χ4v) is 2.83. The first-order valence-electron chi connectivity index (χ1n) is 6.68. The van der Waals surface area contributed by atoms with Crippen LogP contribution in [0.2, 0.25) is 0 Å². The molecular formula is C13H25N3S. The summed E-state index contributed by atoms with van der Waals surface area (Å²) in [5, 5.41) is 4.72. The average molecular weight is 255 g/mol. The summed E-state index contributed by atoms with van der Waals surface area (Å²) < 4.78 is 0. The van der Waals surface area contributed by atoms with E-state index in [0.717, 1.165) is 24.8 Å². The Balaban J connectivity index is 2.50. The predicted molar refractivity (Wildman–Crippen MR) is 76.9 cm³/mol. The Bertz CT molecular complexity index is 303. The maximum absolute atomic E-state index is 4.49. The zero-order valence-electron chi connectivity index (χ0n) is 11.5. The zero-order chi connectivity index (χ0) is 12.7. The summed E-state index contributed by atoms with van der Waals surface area (Å²) in [6.45, 7) is 11.8. The average Bonchev–Trinajstić information content (AvgIpc) is 2.81. The van der Waals surface area contributed by atoms with Crippen LogP contribution >= 0.6 is 11.3 Å². The molecule has 1 heterocycles. The Morgan fingerprint density at radius 3 is 2.41 bits per heavy atom. The van der Waals surface area contributed by atoms with Gasteiger partial charge in [0.05, 0.1) is 0 Å². The fraction of sp³-hybridized carbons (Fsp3) is 0.769. The van der Waals surface area contributed by atoms with E-state index in [9.17, 15) is 0 Å². The molecule has 1 aromatic heterocycles. The van der Waals surface area contributed by atoms with Gasteiger partial charge < -0.3 is 10.2 Å². The highest BCUT2D eigenvalue weighted by molar-refractivity contribution is 7.15. The van der Waals surface area contributed by atoms with E-state index in [1.54, 1.807) is 11.3 Å². The maximum Gasteiger partial charge on any atom is 0.185 e. The van der Waals surface area contributed by atoms with Crippen LogP contribution in [0.5, 0.6) is 0 Å². The molecule has 0 amide bonds. The van der Waals surface area contributed by atoms with Gasteiger partial charge in [-0.2, -0.15) is 0 Å². The second-order valence-corrected chi connectivity index (χ2v) is 5.27. The second-order valence-electron chi connectivity index (χ2n) is 4.18. The van der Waals surface area contributed by atoms with Crippen LogP contribution in [-0.4, -0.2) is 24.1 Å². The van der Waals surface area contributed by atoms with E-state index < -0.39 is 0 Å². The lowest BCUT2D eigenvalue weighted by Crippen LogP contribution is -2.26. The van der Waals surface area contributed by atoms with Crippen LogP contribution in [0, 0.1) is 0 Å². The first-order chi connectivity index (χ1) is 8.24. The molecule has 0 aliphatic heterocycles. The summed E-state index contributed by atoms with van der Waals surface area (Å²) in [6, 6.07) is 0.633. The van der Waals surface area contributed by atoms with Gasteiger partial charge in [-0.1, -0.05) is 13.8 Å². The molecule has 0 unspecified atom stereocenters. The lowest BCUT2D eigenvalue weighted by molar-refractivity contribution is 0.486. The van der Waals surface area contributed by atoms with E-state index in [1.807, 2.05) is 6.20 Å². The monoisotopic (exact) mass is 255 g/mol. The molecule has 0 aromatic carbocycles. The predicted octanol–water partition coefficient (Wildman–Crippen LogP) is 3.27. The van der Waals surface area contributed by atoms with Gasteiger partial charge in [0.2, 0.25) is 0 Å². The SMILES string of the molecule is CCC(CC)NCc1cnc(N(CC)CC)s1. The van der Waals surface area contributed by atoms with Gasteiger partial charge in [-0.05, 0) is 26.7 Å². The Morgan fingerprint density at radius 2 is 1.88 bits per heavy atom. The molecule has 0 radical (unpaired) electrons. The van der Waals surface area contributed by atoms with Crippen LogP contribution in [0.25, 0.3) is 0 Å². The second kappa shape index (κ2) is 7.67. The first kappa shape index (κ1) is 14.5. The van der Waals surface area contributed by atoms with Crippen molar-refractivity contribution in [2.45, 2.75) is 53.1 Å². The topological polar surface area (TPSA) is 28.2 Å². The smallest absolute Gasteiger partial charge is 0.185 e. The van der Waals surface area contributed by atoms with E-state index in [2.05, 4.69) is 42.9 Å². The molecule has 1 aromatic rings. The first-order valence-corrected chi connectivity index (χ1v) is 7.49. The van der Waals surface area contributed by atoms with Crippen LogP contribution in [0.15, 0.2) is 6.20 Å². The highest BCUT2D eigenvalue weighted by Gasteiger charge is 2.08. The normalized spacial score (nSPS) is 11.1. The molecular weight excluding hydrogens is 230 g/mol.